The number of esters is 1. The normalized spacial score (nSPS) is 14.3. The molecule has 0 aliphatic carbocycles. The maximum atomic E-state index is 14.4. The monoisotopic (exact) mass is 686 g/mol. The number of aromatic nitrogens is 1. The number of benzene rings is 3. The summed E-state index contributed by atoms with van der Waals surface area (Å²) in [6.45, 7) is 10.5. The van der Waals surface area contributed by atoms with Crippen molar-refractivity contribution in [3.05, 3.63) is 132 Å². The molecule has 0 saturated heterocycles. The summed E-state index contributed by atoms with van der Waals surface area (Å²) in [5.41, 5.74) is 3.79. The fourth-order valence-corrected chi connectivity index (χ4v) is 6.93. The van der Waals surface area contributed by atoms with Crippen LogP contribution in [0.1, 0.15) is 61.9 Å². The van der Waals surface area contributed by atoms with Crippen molar-refractivity contribution in [2.75, 3.05) is 20.3 Å². The van der Waals surface area contributed by atoms with Gasteiger partial charge in [-0.15, -0.1) is 6.58 Å². The molecule has 0 amide bonds. The summed E-state index contributed by atoms with van der Waals surface area (Å²) >= 11 is 7.67. The maximum absolute atomic E-state index is 14.4. The van der Waals surface area contributed by atoms with E-state index < -0.39 is 12.0 Å². The summed E-state index contributed by atoms with van der Waals surface area (Å²) < 4.78 is 25.6. The molecule has 0 bridgehead atoms. The van der Waals surface area contributed by atoms with Gasteiger partial charge >= 0.3 is 5.97 Å². The molecule has 1 aliphatic rings. The predicted molar refractivity (Wildman–Crippen MR) is 190 cm³/mol. The van der Waals surface area contributed by atoms with E-state index in [0.717, 1.165) is 23.1 Å². The molecular weight excluding hydrogens is 648 g/mol. The van der Waals surface area contributed by atoms with E-state index in [0.29, 0.717) is 67.9 Å². The standard InChI is InChI=1S/C38H39ClN2O6S/c1-6-14-25-20-24(21-31(45-8-3)35(25)47-23-26-16-10-12-18-28(26)39)22-32-36(42)41-34(27-17-11-13-19-30(27)44-5)33(37(43)46-9-4)29(15-7-2)40-38(41)48-32/h6,10-13,16-22,34H,1,7-9,14-15,23H2,2-5H3/b32-22+/t34-/m1/s1. The molecule has 0 unspecified atom stereocenters. The van der Waals surface area contributed by atoms with Crippen LogP contribution in [0.4, 0.5) is 0 Å². The van der Waals surface area contributed by atoms with Crippen molar-refractivity contribution in [2.45, 2.75) is 52.7 Å². The maximum Gasteiger partial charge on any atom is 0.338 e. The van der Waals surface area contributed by atoms with Crippen LogP contribution in [0.5, 0.6) is 17.2 Å². The molecule has 1 aromatic heterocycles. The summed E-state index contributed by atoms with van der Waals surface area (Å²) in [6.07, 6.45) is 5.43. The highest BCUT2D eigenvalue weighted by atomic mass is 35.5. The van der Waals surface area contributed by atoms with E-state index in [1.165, 1.54) is 11.3 Å². The molecule has 0 radical (unpaired) electrons. The number of nitrogens with zero attached hydrogens (tertiary/aromatic N) is 2. The van der Waals surface area contributed by atoms with Gasteiger partial charge in [0.1, 0.15) is 18.4 Å². The van der Waals surface area contributed by atoms with Crippen LogP contribution in [0, 0.1) is 0 Å². The number of methoxy groups -OCH3 is 1. The number of thiazole rings is 1. The van der Waals surface area contributed by atoms with Crippen molar-refractivity contribution in [3.8, 4) is 17.2 Å². The lowest BCUT2D eigenvalue weighted by Crippen LogP contribution is -2.40. The second-order valence-electron chi connectivity index (χ2n) is 11.0. The number of carbonyl (C=O) groups excluding carboxylic acids is 1. The Balaban J connectivity index is 1.68. The van der Waals surface area contributed by atoms with Crippen molar-refractivity contribution in [1.82, 2.24) is 4.57 Å². The molecule has 8 nitrogen and oxygen atoms in total. The zero-order valence-corrected chi connectivity index (χ0v) is 29.2. The minimum atomic E-state index is -0.781. The number of ether oxygens (including phenoxy) is 4. The number of hydrogen-bond acceptors (Lipinski definition) is 8. The van der Waals surface area contributed by atoms with Crippen LogP contribution in [0.15, 0.2) is 94.4 Å². The molecule has 2 heterocycles. The molecule has 0 fully saturated rings. The SMILES string of the molecule is C=CCc1cc(/C=c2/sc3n(c2=O)[C@H](c2ccccc2OC)C(C(=O)OCC)=C(CCC)N=3)cc(OCC)c1OCc1ccccc1Cl. The first-order chi connectivity index (χ1) is 23.3. The van der Waals surface area contributed by atoms with Crippen molar-refractivity contribution >= 4 is 35.0 Å². The van der Waals surface area contributed by atoms with E-state index >= 15 is 0 Å². The quantitative estimate of drug-likeness (QED) is 0.105. The van der Waals surface area contributed by atoms with Gasteiger partial charge in [0.25, 0.3) is 5.56 Å². The number of fused-ring (bicyclic) bond motifs is 1. The van der Waals surface area contributed by atoms with E-state index in [1.807, 2.05) is 80.6 Å². The van der Waals surface area contributed by atoms with Gasteiger partial charge in [-0.1, -0.05) is 78.8 Å². The number of para-hydroxylation sites is 1. The first-order valence-electron chi connectivity index (χ1n) is 16.0. The van der Waals surface area contributed by atoms with Crippen molar-refractivity contribution in [2.24, 2.45) is 4.99 Å². The van der Waals surface area contributed by atoms with E-state index in [1.54, 1.807) is 24.7 Å². The minimum Gasteiger partial charge on any atom is -0.496 e. The largest absolute Gasteiger partial charge is 0.496 e. The lowest BCUT2D eigenvalue weighted by molar-refractivity contribution is -0.139. The first-order valence-corrected chi connectivity index (χ1v) is 17.2. The number of hydrogen-bond donors (Lipinski definition) is 0. The lowest BCUT2D eigenvalue weighted by Gasteiger charge is -2.26. The third-order valence-corrected chi connectivity index (χ3v) is 9.12. The molecule has 0 saturated carbocycles. The highest BCUT2D eigenvalue weighted by Crippen LogP contribution is 2.38. The highest BCUT2D eigenvalue weighted by Gasteiger charge is 2.35. The summed E-state index contributed by atoms with van der Waals surface area (Å²) in [7, 11) is 1.57. The Morgan fingerprint density at radius 1 is 1.02 bits per heavy atom. The first kappa shape index (κ1) is 34.7. The van der Waals surface area contributed by atoms with Gasteiger partial charge in [-0.3, -0.25) is 9.36 Å². The van der Waals surface area contributed by atoms with Crippen LogP contribution in [-0.4, -0.2) is 30.9 Å². The van der Waals surface area contributed by atoms with E-state index in [-0.39, 0.29) is 18.8 Å². The third kappa shape index (κ3) is 7.27. The van der Waals surface area contributed by atoms with Gasteiger partial charge in [-0.2, -0.15) is 0 Å². The van der Waals surface area contributed by atoms with E-state index in [9.17, 15) is 9.59 Å². The Kier molecular flexibility index (Phi) is 11.6. The molecule has 10 heteroatoms. The fourth-order valence-electron chi connectivity index (χ4n) is 5.72. The molecule has 1 atom stereocenters. The molecule has 0 N–H and O–H groups in total. The summed E-state index contributed by atoms with van der Waals surface area (Å²) in [4.78, 5) is 33.3. The smallest absolute Gasteiger partial charge is 0.338 e. The Bertz CT molecular complexity index is 2030. The molecular formula is C38H39ClN2O6S. The number of halogens is 1. The molecule has 1 aliphatic heterocycles. The van der Waals surface area contributed by atoms with Crippen molar-refractivity contribution in [3.63, 3.8) is 0 Å². The Labute approximate surface area is 289 Å². The van der Waals surface area contributed by atoms with E-state index in [4.69, 9.17) is 35.5 Å². The fraction of sp³-hybridized carbons (Fsp3) is 0.289. The molecule has 3 aromatic carbocycles. The van der Waals surface area contributed by atoms with Crippen LogP contribution in [0.2, 0.25) is 5.02 Å². The molecule has 250 valence electrons. The minimum absolute atomic E-state index is 0.193. The zero-order chi connectivity index (χ0) is 34.2. The number of rotatable bonds is 14. The van der Waals surface area contributed by atoms with Gasteiger partial charge in [-0.05, 0) is 62.6 Å². The van der Waals surface area contributed by atoms with Crippen LogP contribution in [-0.2, 0) is 22.6 Å². The Morgan fingerprint density at radius 3 is 2.50 bits per heavy atom. The average molecular weight is 687 g/mol. The van der Waals surface area contributed by atoms with Crippen LogP contribution in [0.25, 0.3) is 6.08 Å². The van der Waals surface area contributed by atoms with E-state index in [2.05, 4.69) is 6.58 Å². The zero-order valence-electron chi connectivity index (χ0n) is 27.6. The van der Waals surface area contributed by atoms with Gasteiger partial charge in [-0.25, -0.2) is 9.79 Å². The summed E-state index contributed by atoms with van der Waals surface area (Å²) in [5, 5.41) is 0.618. The van der Waals surface area contributed by atoms with Crippen LogP contribution >= 0.6 is 22.9 Å². The van der Waals surface area contributed by atoms with Gasteiger partial charge in [0.15, 0.2) is 16.3 Å². The topological polar surface area (TPSA) is 88.4 Å². The number of carbonyl (C=O) groups is 1. The second-order valence-corrected chi connectivity index (χ2v) is 12.4. The van der Waals surface area contributed by atoms with Gasteiger partial charge in [0, 0.05) is 21.7 Å². The average Bonchev–Trinajstić information content (AvgIpc) is 3.38. The van der Waals surface area contributed by atoms with Crippen molar-refractivity contribution < 1.29 is 23.7 Å². The van der Waals surface area contributed by atoms with Gasteiger partial charge in [0.05, 0.1) is 36.1 Å². The van der Waals surface area contributed by atoms with Crippen LogP contribution in [0.3, 0.4) is 0 Å². The number of allylic oxidation sites excluding steroid dienone is 2. The second kappa shape index (κ2) is 16.0. The highest BCUT2D eigenvalue weighted by molar-refractivity contribution is 7.07. The van der Waals surface area contributed by atoms with Crippen molar-refractivity contribution in [1.29, 1.82) is 0 Å². The third-order valence-electron chi connectivity index (χ3n) is 7.77. The Morgan fingerprint density at radius 2 is 1.79 bits per heavy atom. The predicted octanol–water partition coefficient (Wildman–Crippen LogP) is 6.95. The Hall–Kier alpha value is -4.60. The molecule has 48 heavy (non-hydrogen) atoms. The van der Waals surface area contributed by atoms with Gasteiger partial charge < -0.3 is 18.9 Å². The summed E-state index contributed by atoms with van der Waals surface area (Å²) in [6, 6.07) is 18.0. The molecule has 4 aromatic rings. The van der Waals surface area contributed by atoms with Gasteiger partial charge in [0.2, 0.25) is 0 Å². The van der Waals surface area contributed by atoms with Crippen LogP contribution < -0.4 is 29.1 Å². The summed E-state index contributed by atoms with van der Waals surface area (Å²) in [5.74, 6) is 1.19. The molecule has 0 spiro atoms. The lowest BCUT2D eigenvalue weighted by atomic mass is 9.93. The molecule has 5 rings (SSSR count).